The molecule has 0 amide bonds. The van der Waals surface area contributed by atoms with Crippen LogP contribution in [0.25, 0.3) is 22.6 Å². The van der Waals surface area contributed by atoms with Gasteiger partial charge in [-0.05, 0) is 37.6 Å². The van der Waals surface area contributed by atoms with Crippen LogP contribution in [0, 0.1) is 13.8 Å². The summed E-state index contributed by atoms with van der Waals surface area (Å²) in [6, 6.07) is 8.14. The largest absolute Gasteiger partial charge is 0.337 e. The number of imidazole rings is 1. The van der Waals surface area contributed by atoms with Crippen molar-refractivity contribution in [1.29, 1.82) is 0 Å². The molecule has 0 spiro atoms. The summed E-state index contributed by atoms with van der Waals surface area (Å²) in [5, 5.41) is 7.10. The van der Waals surface area contributed by atoms with E-state index in [9.17, 15) is 0 Å². The highest BCUT2D eigenvalue weighted by Crippen LogP contribution is 2.19. The SMILES string of the molecule is Cc1ccc2nc(-c3cc(C)[nH]n3)[nH]c2c1. The maximum absolute atomic E-state index is 4.50. The minimum atomic E-state index is 0.810. The number of fused-ring (bicyclic) bond motifs is 1. The first-order chi connectivity index (χ1) is 7.72. The van der Waals surface area contributed by atoms with Gasteiger partial charge in [-0.15, -0.1) is 0 Å². The average Bonchev–Trinajstić information content (AvgIpc) is 2.83. The Morgan fingerprint density at radius 1 is 1.12 bits per heavy atom. The van der Waals surface area contributed by atoms with Gasteiger partial charge in [0.1, 0.15) is 5.69 Å². The molecule has 4 heteroatoms. The molecule has 80 valence electrons. The molecule has 4 nitrogen and oxygen atoms in total. The van der Waals surface area contributed by atoms with Crippen molar-refractivity contribution < 1.29 is 0 Å². The van der Waals surface area contributed by atoms with Crippen LogP contribution in [0.1, 0.15) is 11.3 Å². The Kier molecular flexibility index (Phi) is 1.83. The van der Waals surface area contributed by atoms with Gasteiger partial charge in [0.25, 0.3) is 0 Å². The normalized spacial score (nSPS) is 11.1. The Labute approximate surface area is 92.7 Å². The lowest BCUT2D eigenvalue weighted by Crippen LogP contribution is -1.79. The third-order valence-corrected chi connectivity index (χ3v) is 2.59. The molecule has 2 aromatic heterocycles. The average molecular weight is 212 g/mol. The number of aromatic amines is 2. The van der Waals surface area contributed by atoms with Crippen LogP contribution < -0.4 is 0 Å². The summed E-state index contributed by atoms with van der Waals surface area (Å²) < 4.78 is 0. The number of hydrogen-bond acceptors (Lipinski definition) is 2. The third kappa shape index (κ3) is 1.39. The Balaban J connectivity index is 2.18. The van der Waals surface area contributed by atoms with E-state index in [2.05, 4.69) is 39.2 Å². The van der Waals surface area contributed by atoms with E-state index in [4.69, 9.17) is 0 Å². The number of benzene rings is 1. The Bertz CT molecular complexity index is 648. The Morgan fingerprint density at radius 2 is 2.00 bits per heavy atom. The van der Waals surface area contributed by atoms with Gasteiger partial charge in [-0.1, -0.05) is 6.07 Å². The van der Waals surface area contributed by atoms with Gasteiger partial charge < -0.3 is 4.98 Å². The fraction of sp³-hybridized carbons (Fsp3) is 0.167. The van der Waals surface area contributed by atoms with Crippen molar-refractivity contribution in [3.63, 3.8) is 0 Å². The summed E-state index contributed by atoms with van der Waals surface area (Å²) in [6.07, 6.45) is 0. The topological polar surface area (TPSA) is 57.4 Å². The molecule has 2 heterocycles. The second kappa shape index (κ2) is 3.20. The summed E-state index contributed by atoms with van der Waals surface area (Å²) in [5.41, 5.74) is 5.14. The molecule has 0 aliphatic carbocycles. The molecule has 0 saturated heterocycles. The molecule has 0 aliphatic heterocycles. The number of hydrogen-bond donors (Lipinski definition) is 2. The molecule has 1 aromatic carbocycles. The highest BCUT2D eigenvalue weighted by molar-refractivity contribution is 5.79. The molecule has 16 heavy (non-hydrogen) atoms. The van der Waals surface area contributed by atoms with Crippen LogP contribution in [0.2, 0.25) is 0 Å². The minimum absolute atomic E-state index is 0.810. The second-order valence-corrected chi connectivity index (χ2v) is 4.04. The molecule has 3 aromatic rings. The Hall–Kier alpha value is -2.10. The van der Waals surface area contributed by atoms with Gasteiger partial charge in [0.15, 0.2) is 5.82 Å². The molecular formula is C12H12N4. The predicted octanol–water partition coefficient (Wildman–Crippen LogP) is 2.57. The van der Waals surface area contributed by atoms with Crippen molar-refractivity contribution in [1.82, 2.24) is 20.2 Å². The van der Waals surface area contributed by atoms with Gasteiger partial charge in [0.05, 0.1) is 11.0 Å². The van der Waals surface area contributed by atoms with Crippen molar-refractivity contribution in [2.24, 2.45) is 0 Å². The van der Waals surface area contributed by atoms with Crippen molar-refractivity contribution in [2.75, 3.05) is 0 Å². The molecule has 2 N–H and O–H groups in total. The van der Waals surface area contributed by atoms with Crippen LogP contribution in [0.5, 0.6) is 0 Å². The fourth-order valence-corrected chi connectivity index (χ4v) is 1.78. The lowest BCUT2D eigenvalue weighted by Gasteiger charge is -1.89. The highest BCUT2D eigenvalue weighted by Gasteiger charge is 2.07. The predicted molar refractivity (Wildman–Crippen MR) is 63.1 cm³/mol. The highest BCUT2D eigenvalue weighted by atomic mass is 15.1. The number of nitrogens with one attached hydrogen (secondary N) is 2. The van der Waals surface area contributed by atoms with Crippen molar-refractivity contribution in [3.8, 4) is 11.5 Å². The zero-order valence-corrected chi connectivity index (χ0v) is 9.20. The van der Waals surface area contributed by atoms with E-state index in [-0.39, 0.29) is 0 Å². The van der Waals surface area contributed by atoms with Gasteiger partial charge in [-0.25, -0.2) is 4.98 Å². The number of aryl methyl sites for hydroxylation is 2. The molecule has 0 bridgehead atoms. The van der Waals surface area contributed by atoms with Crippen LogP contribution in [-0.2, 0) is 0 Å². The quantitative estimate of drug-likeness (QED) is 0.651. The van der Waals surface area contributed by atoms with E-state index in [1.165, 1.54) is 5.56 Å². The first-order valence-corrected chi connectivity index (χ1v) is 5.21. The lowest BCUT2D eigenvalue weighted by atomic mass is 10.2. The summed E-state index contributed by atoms with van der Waals surface area (Å²) in [4.78, 5) is 7.77. The van der Waals surface area contributed by atoms with E-state index < -0.39 is 0 Å². The van der Waals surface area contributed by atoms with Gasteiger partial charge in [-0.2, -0.15) is 5.10 Å². The third-order valence-electron chi connectivity index (χ3n) is 2.59. The van der Waals surface area contributed by atoms with Crippen LogP contribution in [-0.4, -0.2) is 20.2 Å². The van der Waals surface area contributed by atoms with E-state index in [0.717, 1.165) is 28.2 Å². The summed E-state index contributed by atoms with van der Waals surface area (Å²) in [5.74, 6) is 0.810. The molecule has 0 fully saturated rings. The lowest BCUT2D eigenvalue weighted by molar-refractivity contribution is 1.04. The van der Waals surface area contributed by atoms with Gasteiger partial charge in [0, 0.05) is 5.69 Å². The maximum Gasteiger partial charge on any atom is 0.159 e. The smallest absolute Gasteiger partial charge is 0.159 e. The molecule has 3 rings (SSSR count). The molecule has 0 radical (unpaired) electrons. The van der Waals surface area contributed by atoms with Gasteiger partial charge in [0.2, 0.25) is 0 Å². The van der Waals surface area contributed by atoms with Gasteiger partial charge >= 0.3 is 0 Å². The first-order valence-electron chi connectivity index (χ1n) is 5.21. The van der Waals surface area contributed by atoms with E-state index in [0.29, 0.717) is 0 Å². The van der Waals surface area contributed by atoms with Gasteiger partial charge in [-0.3, -0.25) is 5.10 Å². The molecule has 0 unspecified atom stereocenters. The van der Waals surface area contributed by atoms with E-state index in [1.807, 2.05) is 19.1 Å². The summed E-state index contributed by atoms with van der Waals surface area (Å²) in [6.45, 7) is 4.04. The number of nitrogens with zero attached hydrogens (tertiary/aromatic N) is 2. The van der Waals surface area contributed by atoms with Crippen LogP contribution in [0.15, 0.2) is 24.3 Å². The minimum Gasteiger partial charge on any atom is -0.337 e. The number of H-pyrrole nitrogens is 2. The van der Waals surface area contributed by atoms with Crippen molar-refractivity contribution in [2.45, 2.75) is 13.8 Å². The summed E-state index contributed by atoms with van der Waals surface area (Å²) >= 11 is 0. The van der Waals surface area contributed by atoms with Crippen molar-refractivity contribution in [3.05, 3.63) is 35.5 Å². The second-order valence-electron chi connectivity index (χ2n) is 4.04. The fourth-order valence-electron chi connectivity index (χ4n) is 1.78. The number of aromatic nitrogens is 4. The molecule has 0 atom stereocenters. The van der Waals surface area contributed by atoms with Crippen LogP contribution in [0.4, 0.5) is 0 Å². The Morgan fingerprint density at radius 3 is 2.75 bits per heavy atom. The van der Waals surface area contributed by atoms with E-state index in [1.54, 1.807) is 0 Å². The number of rotatable bonds is 1. The zero-order chi connectivity index (χ0) is 11.1. The van der Waals surface area contributed by atoms with Crippen LogP contribution >= 0.6 is 0 Å². The monoisotopic (exact) mass is 212 g/mol. The first kappa shape index (κ1) is 9.15. The van der Waals surface area contributed by atoms with Crippen LogP contribution in [0.3, 0.4) is 0 Å². The van der Waals surface area contributed by atoms with E-state index >= 15 is 0 Å². The standard InChI is InChI=1S/C12H12N4/c1-7-3-4-9-10(5-7)14-12(13-9)11-6-8(2)15-16-11/h3-6H,1-2H3,(H,13,14)(H,15,16). The summed E-state index contributed by atoms with van der Waals surface area (Å²) in [7, 11) is 0. The molecule has 0 aliphatic rings. The molecular weight excluding hydrogens is 200 g/mol. The maximum atomic E-state index is 4.50. The molecule has 0 saturated carbocycles. The van der Waals surface area contributed by atoms with Crippen molar-refractivity contribution >= 4 is 11.0 Å². The zero-order valence-electron chi connectivity index (χ0n) is 9.20.